The number of hydrogen-bond acceptors (Lipinski definition) is 1. The molecule has 0 aliphatic carbocycles. The highest BCUT2D eigenvalue weighted by Crippen LogP contribution is 2.14. The van der Waals surface area contributed by atoms with Gasteiger partial charge in [0.15, 0.2) is 0 Å². The molecule has 20 heavy (non-hydrogen) atoms. The zero-order valence-corrected chi connectivity index (χ0v) is 12.9. The summed E-state index contributed by atoms with van der Waals surface area (Å²) in [5.41, 5.74) is 4.12. The van der Waals surface area contributed by atoms with Gasteiger partial charge in [-0.05, 0) is 35.1 Å². The second-order valence-corrected chi connectivity index (χ2v) is 5.76. The van der Waals surface area contributed by atoms with E-state index in [0.29, 0.717) is 5.92 Å². The molecule has 0 saturated carbocycles. The topological polar surface area (TPSA) is 17.0 Å². The molecule has 0 amide bonds. The van der Waals surface area contributed by atoms with Crippen molar-refractivity contribution in [2.45, 2.75) is 52.7 Å². The van der Waals surface area contributed by atoms with Gasteiger partial charge in [-0.1, -0.05) is 45.0 Å². The number of rotatable bonds is 7. The van der Waals surface area contributed by atoms with Crippen molar-refractivity contribution in [3.8, 4) is 0 Å². The summed E-state index contributed by atoms with van der Waals surface area (Å²) < 4.78 is 2.26. The maximum atomic E-state index is 3.51. The first-order chi connectivity index (χ1) is 9.69. The Bertz CT molecular complexity index is 508. The summed E-state index contributed by atoms with van der Waals surface area (Å²) in [6.07, 6.45) is 5.58. The first-order valence-corrected chi connectivity index (χ1v) is 7.63. The minimum atomic E-state index is 0.607. The normalized spacial score (nSPS) is 11.2. The van der Waals surface area contributed by atoms with Crippen molar-refractivity contribution >= 4 is 0 Å². The monoisotopic (exact) mass is 270 g/mol. The molecule has 0 aliphatic rings. The van der Waals surface area contributed by atoms with Crippen LogP contribution in [0, 0.1) is 0 Å². The van der Waals surface area contributed by atoms with E-state index in [1.165, 1.54) is 23.1 Å². The second kappa shape index (κ2) is 7.30. The number of aryl methyl sites for hydroxylation is 1. The fourth-order valence-corrected chi connectivity index (χ4v) is 2.36. The van der Waals surface area contributed by atoms with Gasteiger partial charge in [0.05, 0.1) is 0 Å². The third-order valence-electron chi connectivity index (χ3n) is 3.60. The summed E-state index contributed by atoms with van der Waals surface area (Å²) in [4.78, 5) is 0. The van der Waals surface area contributed by atoms with Crippen LogP contribution in [-0.2, 0) is 19.6 Å². The van der Waals surface area contributed by atoms with Crippen molar-refractivity contribution in [3.63, 3.8) is 0 Å². The quantitative estimate of drug-likeness (QED) is 0.793. The van der Waals surface area contributed by atoms with Crippen LogP contribution in [0.25, 0.3) is 0 Å². The smallest absolute Gasteiger partial charge is 0.0223 e. The molecular formula is C18H26N2. The number of nitrogens with one attached hydrogen (secondary N) is 1. The van der Waals surface area contributed by atoms with E-state index in [-0.39, 0.29) is 0 Å². The Kier molecular flexibility index (Phi) is 5.42. The molecule has 0 bridgehead atoms. The van der Waals surface area contributed by atoms with Crippen molar-refractivity contribution in [1.29, 1.82) is 0 Å². The lowest BCUT2D eigenvalue weighted by Crippen LogP contribution is -2.12. The Morgan fingerprint density at radius 3 is 2.35 bits per heavy atom. The third-order valence-corrected chi connectivity index (χ3v) is 3.60. The summed E-state index contributed by atoms with van der Waals surface area (Å²) in [5, 5.41) is 3.51. The maximum absolute atomic E-state index is 3.51. The molecule has 2 rings (SSSR count). The highest BCUT2D eigenvalue weighted by Gasteiger charge is 2.00. The SMILES string of the molecule is CCCn1ccc(CNCc2ccc(C(C)C)cc2)c1. The maximum Gasteiger partial charge on any atom is 0.0223 e. The molecule has 2 heteroatoms. The zero-order valence-electron chi connectivity index (χ0n) is 12.9. The standard InChI is InChI=1S/C18H26N2/c1-4-10-20-11-9-17(14-20)13-19-12-16-5-7-18(8-6-16)15(2)3/h5-9,11,14-15,19H,4,10,12-13H2,1-3H3. The van der Waals surface area contributed by atoms with Crippen LogP contribution in [-0.4, -0.2) is 4.57 Å². The van der Waals surface area contributed by atoms with Gasteiger partial charge >= 0.3 is 0 Å². The fourth-order valence-electron chi connectivity index (χ4n) is 2.36. The van der Waals surface area contributed by atoms with Crippen molar-refractivity contribution in [2.75, 3.05) is 0 Å². The first kappa shape index (κ1) is 14.9. The molecular weight excluding hydrogens is 244 g/mol. The number of benzene rings is 1. The fraction of sp³-hybridized carbons (Fsp3) is 0.444. The molecule has 2 nitrogen and oxygen atoms in total. The lowest BCUT2D eigenvalue weighted by Gasteiger charge is -2.07. The van der Waals surface area contributed by atoms with Gasteiger partial charge in [0.25, 0.3) is 0 Å². The molecule has 0 fully saturated rings. The summed E-state index contributed by atoms with van der Waals surface area (Å²) in [7, 11) is 0. The van der Waals surface area contributed by atoms with Crippen LogP contribution in [0.5, 0.6) is 0 Å². The summed E-state index contributed by atoms with van der Waals surface area (Å²) in [6, 6.07) is 11.1. The van der Waals surface area contributed by atoms with Gasteiger partial charge in [-0.15, -0.1) is 0 Å². The Morgan fingerprint density at radius 1 is 1.00 bits per heavy atom. The molecule has 0 radical (unpaired) electrons. The van der Waals surface area contributed by atoms with Gasteiger partial charge in [0.1, 0.15) is 0 Å². The minimum Gasteiger partial charge on any atom is -0.354 e. The first-order valence-electron chi connectivity index (χ1n) is 7.63. The molecule has 0 aliphatic heterocycles. The Balaban J connectivity index is 1.79. The van der Waals surface area contributed by atoms with Crippen molar-refractivity contribution in [3.05, 3.63) is 59.4 Å². The van der Waals surface area contributed by atoms with Gasteiger partial charge in [-0.3, -0.25) is 0 Å². The third kappa shape index (κ3) is 4.24. The number of aromatic nitrogens is 1. The summed E-state index contributed by atoms with van der Waals surface area (Å²) in [5.74, 6) is 0.607. The summed E-state index contributed by atoms with van der Waals surface area (Å²) >= 11 is 0. The van der Waals surface area contributed by atoms with E-state index < -0.39 is 0 Å². The van der Waals surface area contributed by atoms with Gasteiger partial charge < -0.3 is 9.88 Å². The van der Waals surface area contributed by atoms with Gasteiger partial charge in [-0.25, -0.2) is 0 Å². The molecule has 0 saturated heterocycles. The van der Waals surface area contributed by atoms with Gasteiger partial charge in [-0.2, -0.15) is 0 Å². The van der Waals surface area contributed by atoms with Crippen molar-refractivity contribution < 1.29 is 0 Å². The molecule has 2 aromatic rings. The molecule has 1 N–H and O–H groups in total. The highest BCUT2D eigenvalue weighted by atomic mass is 14.9. The van der Waals surface area contributed by atoms with Crippen LogP contribution in [0.2, 0.25) is 0 Å². The van der Waals surface area contributed by atoms with E-state index in [0.717, 1.165) is 19.6 Å². The van der Waals surface area contributed by atoms with E-state index in [1.807, 2.05) is 0 Å². The van der Waals surface area contributed by atoms with E-state index >= 15 is 0 Å². The van der Waals surface area contributed by atoms with Crippen LogP contribution >= 0.6 is 0 Å². The van der Waals surface area contributed by atoms with E-state index in [4.69, 9.17) is 0 Å². The average Bonchev–Trinajstić information content (AvgIpc) is 2.87. The van der Waals surface area contributed by atoms with Crippen LogP contribution in [0.4, 0.5) is 0 Å². The molecule has 0 spiro atoms. The molecule has 0 atom stereocenters. The Labute approximate surface area is 122 Å². The Hall–Kier alpha value is -1.54. The van der Waals surface area contributed by atoms with Crippen molar-refractivity contribution in [1.82, 2.24) is 9.88 Å². The lowest BCUT2D eigenvalue weighted by atomic mass is 10.0. The van der Waals surface area contributed by atoms with E-state index in [9.17, 15) is 0 Å². The molecule has 0 unspecified atom stereocenters. The number of nitrogens with zero attached hydrogens (tertiary/aromatic N) is 1. The number of hydrogen-bond donors (Lipinski definition) is 1. The van der Waals surface area contributed by atoms with Gasteiger partial charge in [0, 0.05) is 32.0 Å². The average molecular weight is 270 g/mol. The lowest BCUT2D eigenvalue weighted by molar-refractivity contribution is 0.668. The van der Waals surface area contributed by atoms with Crippen molar-refractivity contribution in [2.24, 2.45) is 0 Å². The van der Waals surface area contributed by atoms with Crippen LogP contribution in [0.3, 0.4) is 0 Å². The zero-order chi connectivity index (χ0) is 14.4. The second-order valence-electron chi connectivity index (χ2n) is 5.76. The minimum absolute atomic E-state index is 0.607. The molecule has 108 valence electrons. The molecule has 1 heterocycles. The predicted octanol–water partition coefficient (Wildman–Crippen LogP) is 4.31. The van der Waals surface area contributed by atoms with Gasteiger partial charge in [0.2, 0.25) is 0 Å². The largest absolute Gasteiger partial charge is 0.354 e. The van der Waals surface area contributed by atoms with Crippen LogP contribution in [0.1, 0.15) is 49.8 Å². The highest BCUT2D eigenvalue weighted by molar-refractivity contribution is 5.24. The van der Waals surface area contributed by atoms with E-state index in [1.54, 1.807) is 0 Å². The molecule has 1 aromatic heterocycles. The summed E-state index contributed by atoms with van der Waals surface area (Å²) in [6.45, 7) is 9.64. The molecule has 1 aromatic carbocycles. The van der Waals surface area contributed by atoms with E-state index in [2.05, 4.69) is 73.4 Å². The Morgan fingerprint density at radius 2 is 1.70 bits per heavy atom. The van der Waals surface area contributed by atoms with Crippen LogP contribution in [0.15, 0.2) is 42.7 Å². The van der Waals surface area contributed by atoms with Crippen LogP contribution < -0.4 is 5.32 Å². The predicted molar refractivity (Wildman–Crippen MR) is 85.8 cm³/mol.